The lowest BCUT2D eigenvalue weighted by molar-refractivity contribution is 0.0979. The maximum atomic E-state index is 12.9. The minimum Gasteiger partial charge on any atom is -0.387 e. The van der Waals surface area contributed by atoms with E-state index in [-0.39, 0.29) is 11.6 Å². The van der Waals surface area contributed by atoms with Gasteiger partial charge in [-0.1, -0.05) is 24.3 Å². The van der Waals surface area contributed by atoms with Crippen molar-refractivity contribution in [2.24, 2.45) is 0 Å². The van der Waals surface area contributed by atoms with Crippen LogP contribution in [0.3, 0.4) is 0 Å². The molecule has 3 rings (SSSR count). The van der Waals surface area contributed by atoms with Crippen molar-refractivity contribution in [3.8, 4) is 0 Å². The number of anilines is 1. The second kappa shape index (κ2) is 4.55. The first-order valence-electron chi connectivity index (χ1n) is 6.99. The largest absolute Gasteiger partial charge is 0.387 e. The topological polar surface area (TPSA) is 46.2 Å². The summed E-state index contributed by atoms with van der Waals surface area (Å²) in [6.07, 6.45) is 0. The summed E-state index contributed by atoms with van der Waals surface area (Å²) in [4.78, 5) is 25.7. The molecule has 1 aliphatic rings. The molecule has 1 N–H and O–H groups in total. The van der Waals surface area contributed by atoms with Gasteiger partial charge in [-0.3, -0.25) is 9.59 Å². The van der Waals surface area contributed by atoms with Crippen LogP contribution in [0.25, 0.3) is 0 Å². The van der Waals surface area contributed by atoms with Crippen molar-refractivity contribution in [2.75, 3.05) is 12.4 Å². The second-order valence-corrected chi connectivity index (χ2v) is 5.45. The molecule has 0 radical (unpaired) electrons. The van der Waals surface area contributed by atoms with Gasteiger partial charge in [0.15, 0.2) is 11.6 Å². The first-order valence-corrected chi connectivity index (χ1v) is 6.99. The Labute approximate surface area is 124 Å². The van der Waals surface area contributed by atoms with Gasteiger partial charge >= 0.3 is 0 Å². The van der Waals surface area contributed by atoms with Crippen LogP contribution in [-0.4, -0.2) is 18.6 Å². The predicted molar refractivity (Wildman–Crippen MR) is 83.5 cm³/mol. The average molecular weight is 279 g/mol. The fraction of sp³-hybridized carbons (Fsp3) is 0.222. The van der Waals surface area contributed by atoms with Gasteiger partial charge in [0.1, 0.15) is 0 Å². The summed E-state index contributed by atoms with van der Waals surface area (Å²) in [6.45, 7) is 5.89. The van der Waals surface area contributed by atoms with Crippen LogP contribution in [0.4, 0.5) is 5.69 Å². The van der Waals surface area contributed by atoms with Crippen LogP contribution in [-0.2, 0) is 0 Å². The van der Waals surface area contributed by atoms with Crippen molar-refractivity contribution in [3.05, 3.63) is 63.2 Å². The predicted octanol–water partition coefficient (Wildman–Crippen LogP) is 3.43. The molecular formula is C18H17NO2. The summed E-state index contributed by atoms with van der Waals surface area (Å²) < 4.78 is 0. The molecule has 0 aliphatic heterocycles. The Kier molecular flexibility index (Phi) is 2.94. The Morgan fingerprint density at radius 1 is 0.762 bits per heavy atom. The molecule has 2 aromatic carbocycles. The quantitative estimate of drug-likeness (QED) is 0.742. The van der Waals surface area contributed by atoms with Crippen LogP contribution in [0.1, 0.15) is 48.5 Å². The summed E-state index contributed by atoms with van der Waals surface area (Å²) in [7, 11) is 1.79. The maximum absolute atomic E-state index is 12.9. The molecule has 0 fully saturated rings. The molecule has 1 aliphatic carbocycles. The van der Waals surface area contributed by atoms with Crippen molar-refractivity contribution >= 4 is 17.3 Å². The highest BCUT2D eigenvalue weighted by Crippen LogP contribution is 2.37. The van der Waals surface area contributed by atoms with Crippen molar-refractivity contribution in [1.29, 1.82) is 0 Å². The van der Waals surface area contributed by atoms with E-state index in [0.29, 0.717) is 22.3 Å². The number of nitrogens with one attached hydrogen (secondary N) is 1. The Morgan fingerprint density at radius 2 is 1.29 bits per heavy atom. The Hall–Kier alpha value is -2.42. The molecule has 0 unspecified atom stereocenters. The monoisotopic (exact) mass is 279 g/mol. The van der Waals surface area contributed by atoms with E-state index in [2.05, 4.69) is 5.32 Å². The Bertz CT molecular complexity index is 803. The highest BCUT2D eigenvalue weighted by atomic mass is 16.1. The molecule has 0 atom stereocenters. The van der Waals surface area contributed by atoms with Crippen molar-refractivity contribution in [3.63, 3.8) is 0 Å². The highest BCUT2D eigenvalue weighted by Gasteiger charge is 2.34. The molecule has 0 aromatic heterocycles. The first-order chi connectivity index (χ1) is 9.99. The number of fused-ring (bicyclic) bond motifs is 2. The molecule has 3 heteroatoms. The van der Waals surface area contributed by atoms with Gasteiger partial charge in [-0.2, -0.15) is 0 Å². The average Bonchev–Trinajstić information content (AvgIpc) is 2.50. The third-order valence-corrected chi connectivity index (χ3v) is 4.50. The first kappa shape index (κ1) is 13.6. The molecule has 0 saturated carbocycles. The number of rotatable bonds is 1. The van der Waals surface area contributed by atoms with E-state index >= 15 is 0 Å². The number of hydrogen-bond acceptors (Lipinski definition) is 3. The summed E-state index contributed by atoms with van der Waals surface area (Å²) in [5.41, 5.74) is 5.80. The summed E-state index contributed by atoms with van der Waals surface area (Å²) >= 11 is 0. The lowest BCUT2D eigenvalue weighted by atomic mass is 9.78. The summed E-state index contributed by atoms with van der Waals surface area (Å²) in [6, 6.07) is 7.04. The van der Waals surface area contributed by atoms with Crippen molar-refractivity contribution in [2.45, 2.75) is 20.8 Å². The molecular weight excluding hydrogens is 262 g/mol. The molecule has 3 nitrogen and oxygen atoms in total. The highest BCUT2D eigenvalue weighted by molar-refractivity contribution is 6.31. The standard InChI is InChI=1S/C18H17NO2/c1-9-10(2)14-15(16(19-4)11(9)3)18(21)13-8-6-5-7-12(13)17(14)20/h5-8,19H,1-4H3. The molecule has 21 heavy (non-hydrogen) atoms. The van der Waals surface area contributed by atoms with Gasteiger partial charge in [0.25, 0.3) is 0 Å². The lowest BCUT2D eigenvalue weighted by Gasteiger charge is -2.25. The van der Waals surface area contributed by atoms with Gasteiger partial charge in [0.05, 0.1) is 5.56 Å². The minimum absolute atomic E-state index is 0.0581. The van der Waals surface area contributed by atoms with Crippen LogP contribution in [0.15, 0.2) is 24.3 Å². The van der Waals surface area contributed by atoms with Crippen LogP contribution in [0, 0.1) is 20.8 Å². The van der Waals surface area contributed by atoms with Gasteiger partial charge < -0.3 is 5.32 Å². The van der Waals surface area contributed by atoms with Crippen LogP contribution in [0.5, 0.6) is 0 Å². The fourth-order valence-corrected chi connectivity index (χ4v) is 3.13. The third kappa shape index (κ3) is 1.67. The van der Waals surface area contributed by atoms with Crippen LogP contribution in [0.2, 0.25) is 0 Å². The number of carbonyl (C=O) groups excluding carboxylic acids is 2. The van der Waals surface area contributed by atoms with E-state index in [4.69, 9.17) is 0 Å². The molecule has 0 spiro atoms. The molecule has 106 valence electrons. The van der Waals surface area contributed by atoms with E-state index in [0.717, 1.165) is 22.4 Å². The number of hydrogen-bond donors (Lipinski definition) is 1. The zero-order valence-electron chi connectivity index (χ0n) is 12.6. The van der Waals surface area contributed by atoms with Gasteiger partial charge in [-0.15, -0.1) is 0 Å². The minimum atomic E-state index is -0.0734. The van der Waals surface area contributed by atoms with E-state index in [1.54, 1.807) is 31.3 Å². The zero-order valence-corrected chi connectivity index (χ0v) is 12.6. The molecule has 0 amide bonds. The molecule has 2 aromatic rings. The van der Waals surface area contributed by atoms with E-state index in [1.807, 2.05) is 20.8 Å². The Balaban J connectivity index is 2.46. The van der Waals surface area contributed by atoms with Gasteiger partial charge in [0.2, 0.25) is 0 Å². The van der Waals surface area contributed by atoms with E-state index < -0.39 is 0 Å². The van der Waals surface area contributed by atoms with E-state index in [1.165, 1.54) is 0 Å². The van der Waals surface area contributed by atoms with Crippen LogP contribution < -0.4 is 5.32 Å². The van der Waals surface area contributed by atoms with Crippen molar-refractivity contribution < 1.29 is 9.59 Å². The van der Waals surface area contributed by atoms with Gasteiger partial charge in [-0.25, -0.2) is 0 Å². The Morgan fingerprint density at radius 3 is 1.81 bits per heavy atom. The zero-order chi connectivity index (χ0) is 15.3. The SMILES string of the molecule is CNc1c(C)c(C)c(C)c2c1C(=O)c1ccccc1C2=O. The molecule has 0 heterocycles. The van der Waals surface area contributed by atoms with Gasteiger partial charge in [0, 0.05) is 29.4 Å². The van der Waals surface area contributed by atoms with Gasteiger partial charge in [-0.05, 0) is 37.5 Å². The number of benzene rings is 2. The van der Waals surface area contributed by atoms with Crippen LogP contribution >= 0.6 is 0 Å². The second-order valence-electron chi connectivity index (χ2n) is 5.45. The number of carbonyl (C=O) groups is 2. The fourth-order valence-electron chi connectivity index (χ4n) is 3.13. The smallest absolute Gasteiger partial charge is 0.196 e. The maximum Gasteiger partial charge on any atom is 0.196 e. The van der Waals surface area contributed by atoms with E-state index in [9.17, 15) is 9.59 Å². The summed E-state index contributed by atoms with van der Waals surface area (Å²) in [5.74, 6) is -0.131. The lowest BCUT2D eigenvalue weighted by Crippen LogP contribution is -2.24. The number of ketones is 2. The normalized spacial score (nSPS) is 13.0. The van der Waals surface area contributed by atoms with Crippen molar-refractivity contribution in [1.82, 2.24) is 0 Å². The molecule has 0 bridgehead atoms. The summed E-state index contributed by atoms with van der Waals surface area (Å²) in [5, 5.41) is 3.10. The third-order valence-electron chi connectivity index (χ3n) is 4.50. The molecule has 0 saturated heterocycles.